The van der Waals surface area contributed by atoms with Gasteiger partial charge in [0, 0.05) is 28.3 Å². The summed E-state index contributed by atoms with van der Waals surface area (Å²) in [6.45, 7) is 9.59. The van der Waals surface area contributed by atoms with Gasteiger partial charge in [0.25, 0.3) is 0 Å². The van der Waals surface area contributed by atoms with Crippen molar-refractivity contribution in [2.45, 2.75) is 44.4 Å². The quantitative estimate of drug-likeness (QED) is 0.163. The third-order valence-electron chi connectivity index (χ3n) is 13.8. The van der Waals surface area contributed by atoms with Crippen molar-refractivity contribution in [1.29, 1.82) is 0 Å². The van der Waals surface area contributed by atoms with E-state index in [9.17, 15) is 0 Å². The maximum absolute atomic E-state index is 2.49. The van der Waals surface area contributed by atoms with Crippen LogP contribution in [0, 0.1) is 5.92 Å². The van der Waals surface area contributed by atoms with Crippen LogP contribution in [0.3, 0.4) is 0 Å². The first-order valence-corrected chi connectivity index (χ1v) is 21.1. The molecular formula is C58H47N. The average molecular weight is 758 g/mol. The summed E-state index contributed by atoms with van der Waals surface area (Å²) in [7, 11) is 0. The lowest BCUT2D eigenvalue weighted by atomic mass is 9.74. The van der Waals surface area contributed by atoms with Crippen LogP contribution in [-0.4, -0.2) is 0 Å². The van der Waals surface area contributed by atoms with Crippen LogP contribution in [0.15, 0.2) is 200 Å². The Kier molecular flexibility index (Phi) is 8.07. The topological polar surface area (TPSA) is 3.24 Å². The van der Waals surface area contributed by atoms with Crippen LogP contribution in [0.4, 0.5) is 17.1 Å². The van der Waals surface area contributed by atoms with Gasteiger partial charge in [0.1, 0.15) is 0 Å². The van der Waals surface area contributed by atoms with Crippen molar-refractivity contribution in [3.8, 4) is 44.5 Å². The van der Waals surface area contributed by atoms with E-state index in [1.807, 2.05) is 0 Å². The highest BCUT2D eigenvalue weighted by atomic mass is 15.1. The van der Waals surface area contributed by atoms with Crippen LogP contribution in [-0.2, 0) is 10.8 Å². The van der Waals surface area contributed by atoms with E-state index < -0.39 is 0 Å². The van der Waals surface area contributed by atoms with E-state index in [0.717, 1.165) is 11.4 Å². The monoisotopic (exact) mass is 757 g/mol. The fraction of sp³-hybridized carbons (Fsp3) is 0.138. The minimum Gasteiger partial charge on any atom is -0.310 e. The largest absolute Gasteiger partial charge is 0.310 e. The number of anilines is 3. The van der Waals surface area contributed by atoms with Gasteiger partial charge in [-0.05, 0) is 114 Å². The summed E-state index contributed by atoms with van der Waals surface area (Å²) in [4.78, 5) is 2.48. The summed E-state index contributed by atoms with van der Waals surface area (Å²) in [5, 5.41) is 2.52. The van der Waals surface area contributed by atoms with Gasteiger partial charge < -0.3 is 4.90 Å². The van der Waals surface area contributed by atoms with Gasteiger partial charge in [0.05, 0.1) is 5.69 Å². The molecule has 0 spiro atoms. The summed E-state index contributed by atoms with van der Waals surface area (Å²) in [6, 6.07) is 65.6. The molecule has 0 aromatic heterocycles. The Morgan fingerprint density at radius 2 is 0.983 bits per heavy atom. The Labute approximate surface area is 348 Å². The van der Waals surface area contributed by atoms with Crippen molar-refractivity contribution in [3.05, 3.63) is 222 Å². The lowest BCUT2D eigenvalue weighted by Gasteiger charge is -2.30. The zero-order valence-electron chi connectivity index (χ0n) is 34.2. The molecule has 0 fully saturated rings. The molecule has 0 heterocycles. The Balaban J connectivity index is 1.06. The van der Waals surface area contributed by atoms with Crippen molar-refractivity contribution in [2.75, 3.05) is 4.90 Å². The fourth-order valence-corrected chi connectivity index (χ4v) is 10.7. The van der Waals surface area contributed by atoms with E-state index in [4.69, 9.17) is 0 Å². The van der Waals surface area contributed by atoms with E-state index in [1.54, 1.807) is 0 Å². The summed E-state index contributed by atoms with van der Waals surface area (Å²) in [5.41, 5.74) is 19.1. The molecule has 3 aliphatic rings. The number of hydrogen-bond acceptors (Lipinski definition) is 1. The van der Waals surface area contributed by atoms with Gasteiger partial charge in [-0.1, -0.05) is 198 Å². The van der Waals surface area contributed by atoms with Crippen molar-refractivity contribution >= 4 is 27.8 Å². The smallest absolute Gasteiger partial charge is 0.0540 e. The predicted molar refractivity (Wildman–Crippen MR) is 250 cm³/mol. The molecule has 59 heavy (non-hydrogen) atoms. The molecule has 11 rings (SSSR count). The number of benzene rings is 8. The maximum atomic E-state index is 2.49. The fourth-order valence-electron chi connectivity index (χ4n) is 10.7. The number of fused-ring (bicyclic) bond motifs is 7. The Morgan fingerprint density at radius 1 is 0.407 bits per heavy atom. The molecule has 0 radical (unpaired) electrons. The van der Waals surface area contributed by atoms with Crippen LogP contribution in [0.25, 0.3) is 55.3 Å². The standard InChI is InChI=1S/C58H47N/c1-57(2)52-23-13-10-21-48(52)50-32-28-40(36-54(50)57)45-18-12-15-25-56(45)59(42-31-33-51-49-22-11-14-24-53(49)58(3,4)55(51)37-42)41-29-26-39(27-30-41)44-35-34-43(38-16-6-5-7-17-38)46-19-8-9-20-47(44)46/h5-37,48,52H,1-4H3. The SMILES string of the molecule is CC1(C)c2ccccc2-c2ccc(N(c3ccc(-c4ccc(-c5ccccc5)c5ccccc45)cc3)c3ccccc3-c3ccc4c(c3)C(C)(C)C3C=CC=CC43)cc21. The molecule has 284 valence electrons. The van der Waals surface area contributed by atoms with Crippen LogP contribution < -0.4 is 4.90 Å². The Morgan fingerprint density at radius 3 is 1.75 bits per heavy atom. The van der Waals surface area contributed by atoms with E-state index in [0.29, 0.717) is 11.8 Å². The predicted octanol–water partition coefficient (Wildman–Crippen LogP) is 15.7. The Bertz CT molecular complexity index is 3000. The molecule has 0 N–H and O–H groups in total. The molecule has 0 saturated carbocycles. The highest BCUT2D eigenvalue weighted by molar-refractivity contribution is 6.05. The first-order chi connectivity index (χ1) is 28.8. The van der Waals surface area contributed by atoms with Gasteiger partial charge in [-0.15, -0.1) is 0 Å². The summed E-state index contributed by atoms with van der Waals surface area (Å²) in [5.74, 6) is 0.892. The zero-order valence-corrected chi connectivity index (χ0v) is 34.2. The maximum Gasteiger partial charge on any atom is 0.0540 e. The first-order valence-electron chi connectivity index (χ1n) is 21.1. The van der Waals surface area contributed by atoms with Gasteiger partial charge in [-0.2, -0.15) is 0 Å². The van der Waals surface area contributed by atoms with Gasteiger partial charge in [-0.3, -0.25) is 0 Å². The van der Waals surface area contributed by atoms with Gasteiger partial charge in [0.2, 0.25) is 0 Å². The second-order valence-electron chi connectivity index (χ2n) is 17.7. The van der Waals surface area contributed by atoms with Crippen molar-refractivity contribution in [3.63, 3.8) is 0 Å². The molecule has 8 aromatic carbocycles. The second kappa shape index (κ2) is 13.4. The summed E-state index contributed by atoms with van der Waals surface area (Å²) in [6.07, 6.45) is 9.26. The van der Waals surface area contributed by atoms with Crippen molar-refractivity contribution < 1.29 is 0 Å². The van der Waals surface area contributed by atoms with E-state index in [2.05, 4.69) is 233 Å². The van der Waals surface area contributed by atoms with E-state index >= 15 is 0 Å². The molecular weight excluding hydrogens is 711 g/mol. The molecule has 0 saturated heterocycles. The molecule has 8 aromatic rings. The van der Waals surface area contributed by atoms with Crippen LogP contribution in [0.1, 0.15) is 55.9 Å². The molecule has 3 aliphatic carbocycles. The minimum absolute atomic E-state index is 0.0335. The molecule has 2 unspecified atom stereocenters. The van der Waals surface area contributed by atoms with Crippen LogP contribution in [0.2, 0.25) is 0 Å². The highest BCUT2D eigenvalue weighted by Crippen LogP contribution is 2.55. The number of para-hydroxylation sites is 1. The summed E-state index contributed by atoms with van der Waals surface area (Å²) >= 11 is 0. The van der Waals surface area contributed by atoms with Crippen LogP contribution in [0.5, 0.6) is 0 Å². The number of hydrogen-bond donors (Lipinski definition) is 0. The normalized spacial score (nSPS) is 17.6. The first kappa shape index (κ1) is 35.5. The molecule has 2 atom stereocenters. The van der Waals surface area contributed by atoms with Crippen molar-refractivity contribution in [2.24, 2.45) is 5.92 Å². The molecule has 0 amide bonds. The van der Waals surface area contributed by atoms with Gasteiger partial charge in [-0.25, -0.2) is 0 Å². The van der Waals surface area contributed by atoms with Crippen LogP contribution >= 0.6 is 0 Å². The third kappa shape index (κ3) is 5.52. The molecule has 1 heteroatoms. The summed E-state index contributed by atoms with van der Waals surface area (Å²) < 4.78 is 0. The second-order valence-corrected chi connectivity index (χ2v) is 17.7. The van der Waals surface area contributed by atoms with Gasteiger partial charge in [0.15, 0.2) is 0 Å². The zero-order chi connectivity index (χ0) is 39.9. The minimum atomic E-state index is -0.116. The third-order valence-corrected chi connectivity index (χ3v) is 13.8. The van der Waals surface area contributed by atoms with Gasteiger partial charge >= 0.3 is 0 Å². The highest BCUT2D eigenvalue weighted by Gasteiger charge is 2.44. The average Bonchev–Trinajstić information content (AvgIpc) is 3.66. The lowest BCUT2D eigenvalue weighted by Crippen LogP contribution is -2.24. The molecule has 0 bridgehead atoms. The lowest BCUT2D eigenvalue weighted by molar-refractivity contribution is 0.394. The molecule has 1 nitrogen and oxygen atoms in total. The van der Waals surface area contributed by atoms with E-state index in [-0.39, 0.29) is 10.8 Å². The number of rotatable bonds is 6. The number of allylic oxidation sites excluding steroid dienone is 4. The van der Waals surface area contributed by atoms with E-state index in [1.165, 1.54) is 83.2 Å². The van der Waals surface area contributed by atoms with Crippen molar-refractivity contribution in [1.82, 2.24) is 0 Å². The number of nitrogens with zero attached hydrogens (tertiary/aromatic N) is 1. The Hall–Kier alpha value is -6.70. The molecule has 0 aliphatic heterocycles.